The molecule has 0 spiro atoms. The van der Waals surface area contributed by atoms with Gasteiger partial charge in [-0.3, -0.25) is 14.3 Å². The molecule has 0 bridgehead atoms. The zero-order chi connectivity index (χ0) is 26.5. The molecule has 6 rings (SSSR count). The lowest BCUT2D eigenvalue weighted by molar-refractivity contribution is 0.0687. The second-order valence-corrected chi connectivity index (χ2v) is 11.7. The molecule has 6 nitrogen and oxygen atoms in total. The van der Waals surface area contributed by atoms with Crippen LogP contribution in [0.15, 0.2) is 42.7 Å². The van der Waals surface area contributed by atoms with E-state index in [1.54, 1.807) is 0 Å². The van der Waals surface area contributed by atoms with Crippen molar-refractivity contribution < 1.29 is 0 Å². The predicted molar refractivity (Wildman–Crippen MR) is 158 cm³/mol. The van der Waals surface area contributed by atoms with Gasteiger partial charge in [0, 0.05) is 32.5 Å². The lowest BCUT2D eigenvalue weighted by Gasteiger charge is -2.44. The van der Waals surface area contributed by atoms with Gasteiger partial charge in [-0.25, -0.2) is 4.98 Å². The van der Waals surface area contributed by atoms with Gasteiger partial charge >= 0.3 is 0 Å². The number of nitrogens with one attached hydrogen (secondary N) is 1. The first-order valence-electron chi connectivity index (χ1n) is 15.2. The van der Waals surface area contributed by atoms with Crippen molar-refractivity contribution in [2.24, 2.45) is 17.8 Å². The van der Waals surface area contributed by atoms with Gasteiger partial charge in [-0.2, -0.15) is 0 Å². The van der Waals surface area contributed by atoms with E-state index < -0.39 is 0 Å². The number of piperidine rings is 2. The Morgan fingerprint density at radius 1 is 1.08 bits per heavy atom. The molecule has 38 heavy (non-hydrogen) atoms. The van der Waals surface area contributed by atoms with Crippen molar-refractivity contribution in [3.8, 4) is 0 Å². The summed E-state index contributed by atoms with van der Waals surface area (Å²) in [6, 6.07) is 11.2. The van der Waals surface area contributed by atoms with E-state index in [4.69, 9.17) is 9.97 Å². The molecule has 1 aliphatic carbocycles. The van der Waals surface area contributed by atoms with Crippen LogP contribution in [0.5, 0.6) is 0 Å². The lowest BCUT2D eigenvalue weighted by atomic mass is 9.77. The number of hydrogen-bond donors (Lipinski definition) is 1. The van der Waals surface area contributed by atoms with E-state index in [1.165, 1.54) is 75.1 Å². The Morgan fingerprint density at radius 3 is 2.71 bits per heavy atom. The van der Waals surface area contributed by atoms with E-state index in [0.717, 1.165) is 48.7 Å². The maximum absolute atomic E-state index is 4.95. The number of rotatable bonds is 6. The number of nitrogens with zero attached hydrogens (tertiary/aromatic N) is 5. The minimum Gasteiger partial charge on any atom is -0.361 e. The second-order valence-electron chi connectivity index (χ2n) is 11.7. The molecule has 3 atom stereocenters. The van der Waals surface area contributed by atoms with Gasteiger partial charge < -0.3 is 10.2 Å². The van der Waals surface area contributed by atoms with Gasteiger partial charge in [-0.1, -0.05) is 32.4 Å². The quantitative estimate of drug-likeness (QED) is 0.428. The molecule has 3 aromatic heterocycles. The Balaban J connectivity index is 0.000000249. The summed E-state index contributed by atoms with van der Waals surface area (Å²) in [5.41, 5.74) is 4.94. The summed E-state index contributed by atoms with van der Waals surface area (Å²) < 4.78 is 2.23. The normalized spacial score (nSPS) is 22.7. The van der Waals surface area contributed by atoms with Crippen molar-refractivity contribution in [2.75, 3.05) is 38.1 Å². The van der Waals surface area contributed by atoms with Crippen LogP contribution in [0.4, 0.5) is 5.82 Å². The Bertz CT molecular complexity index is 1170. The third kappa shape index (κ3) is 5.91. The minimum absolute atomic E-state index is 0.446. The van der Waals surface area contributed by atoms with Crippen LogP contribution in [0.2, 0.25) is 0 Å². The molecule has 2 saturated heterocycles. The molecular weight excluding hydrogens is 468 g/mol. The highest BCUT2D eigenvalue weighted by Crippen LogP contribution is 2.43. The SMILES string of the molecule is CCC(C)C1CCNCC1.CCN(C)c1cccc2nc(CN3CCCC4CCc5cccnc5C43)cn12. The van der Waals surface area contributed by atoms with E-state index in [2.05, 4.69) is 83.9 Å². The highest BCUT2D eigenvalue weighted by atomic mass is 15.2. The van der Waals surface area contributed by atoms with Crippen molar-refractivity contribution in [2.45, 2.75) is 78.3 Å². The zero-order valence-electron chi connectivity index (χ0n) is 24.1. The van der Waals surface area contributed by atoms with Crippen molar-refractivity contribution in [1.82, 2.24) is 24.6 Å². The van der Waals surface area contributed by atoms with Gasteiger partial charge in [0.25, 0.3) is 0 Å². The Morgan fingerprint density at radius 2 is 1.92 bits per heavy atom. The average Bonchev–Trinajstić information content (AvgIpc) is 3.39. The van der Waals surface area contributed by atoms with Crippen LogP contribution in [0.25, 0.3) is 5.65 Å². The minimum atomic E-state index is 0.446. The predicted octanol–water partition coefficient (Wildman–Crippen LogP) is 6.12. The van der Waals surface area contributed by atoms with Crippen LogP contribution in [-0.2, 0) is 13.0 Å². The number of hydrogen-bond acceptors (Lipinski definition) is 5. The van der Waals surface area contributed by atoms with Gasteiger partial charge in [0.15, 0.2) is 0 Å². The van der Waals surface area contributed by atoms with Crippen molar-refractivity contribution in [3.63, 3.8) is 0 Å². The standard InChI is InChI=1S/C23H29N5.C9H19N/c1-3-26(2)21-10-4-9-20-25-19(16-28(20)21)15-27-14-6-8-18-12-11-17-7-5-13-24-22(17)23(18)27;1-3-8(2)9-4-6-10-7-5-9/h4-5,7,9-10,13,16,18,23H,3,6,8,11-12,14-15H2,1-2H3;8-10H,3-7H2,1-2H3. The Hall–Kier alpha value is -2.44. The number of aryl methyl sites for hydroxylation is 1. The average molecular weight is 517 g/mol. The first kappa shape index (κ1) is 27.1. The van der Waals surface area contributed by atoms with Crippen LogP contribution < -0.4 is 10.2 Å². The first-order valence-corrected chi connectivity index (χ1v) is 15.2. The van der Waals surface area contributed by atoms with E-state index >= 15 is 0 Å². The van der Waals surface area contributed by atoms with Crippen molar-refractivity contribution in [1.29, 1.82) is 0 Å². The molecule has 2 aliphatic heterocycles. The molecule has 3 aromatic rings. The van der Waals surface area contributed by atoms with Gasteiger partial charge in [0.1, 0.15) is 11.5 Å². The molecule has 3 unspecified atom stereocenters. The number of likely N-dealkylation sites (tertiary alicyclic amines) is 1. The molecule has 5 heterocycles. The number of pyridine rings is 2. The molecule has 206 valence electrons. The summed E-state index contributed by atoms with van der Waals surface area (Å²) in [4.78, 5) is 14.7. The van der Waals surface area contributed by atoms with E-state index in [1.807, 2.05) is 6.20 Å². The third-order valence-electron chi connectivity index (χ3n) is 9.43. The maximum atomic E-state index is 4.95. The van der Waals surface area contributed by atoms with Crippen LogP contribution in [0, 0.1) is 17.8 Å². The second kappa shape index (κ2) is 12.6. The number of anilines is 1. The van der Waals surface area contributed by atoms with Gasteiger partial charge in [0.05, 0.1) is 17.4 Å². The third-order valence-corrected chi connectivity index (χ3v) is 9.43. The first-order chi connectivity index (χ1) is 18.6. The molecule has 6 heteroatoms. The molecule has 3 aliphatic rings. The smallest absolute Gasteiger partial charge is 0.138 e. The van der Waals surface area contributed by atoms with E-state index in [-0.39, 0.29) is 0 Å². The fourth-order valence-corrected chi connectivity index (χ4v) is 6.85. The summed E-state index contributed by atoms with van der Waals surface area (Å²) in [5, 5.41) is 3.39. The van der Waals surface area contributed by atoms with Crippen LogP contribution in [-0.4, -0.2) is 52.5 Å². The van der Waals surface area contributed by atoms with Gasteiger partial charge in [-0.05, 0) is 107 Å². The molecule has 2 fully saturated rings. The highest BCUT2D eigenvalue weighted by Gasteiger charge is 2.37. The van der Waals surface area contributed by atoms with Crippen molar-refractivity contribution in [3.05, 3.63) is 59.7 Å². The zero-order valence-corrected chi connectivity index (χ0v) is 24.1. The fraction of sp³-hybridized carbons (Fsp3) is 0.625. The Labute approximate surface area is 229 Å². The van der Waals surface area contributed by atoms with Crippen LogP contribution in [0.3, 0.4) is 0 Å². The molecule has 0 radical (unpaired) electrons. The molecular formula is C32H48N6. The summed E-state index contributed by atoms with van der Waals surface area (Å²) in [6.45, 7) is 12.4. The summed E-state index contributed by atoms with van der Waals surface area (Å²) >= 11 is 0. The largest absolute Gasteiger partial charge is 0.361 e. The topological polar surface area (TPSA) is 48.7 Å². The molecule has 1 N–H and O–H groups in total. The molecule has 0 aromatic carbocycles. The summed E-state index contributed by atoms with van der Waals surface area (Å²) in [6.07, 6.45) is 13.4. The van der Waals surface area contributed by atoms with E-state index in [0.29, 0.717) is 6.04 Å². The number of fused-ring (bicyclic) bond motifs is 4. The lowest BCUT2D eigenvalue weighted by Crippen LogP contribution is -2.41. The van der Waals surface area contributed by atoms with E-state index in [9.17, 15) is 0 Å². The summed E-state index contributed by atoms with van der Waals surface area (Å²) in [5.74, 6) is 3.88. The highest BCUT2D eigenvalue weighted by molar-refractivity contribution is 5.52. The fourth-order valence-electron chi connectivity index (χ4n) is 6.85. The maximum Gasteiger partial charge on any atom is 0.138 e. The Kier molecular flexibility index (Phi) is 9.01. The summed E-state index contributed by atoms with van der Waals surface area (Å²) in [7, 11) is 2.13. The van der Waals surface area contributed by atoms with Crippen molar-refractivity contribution >= 4 is 11.5 Å². The van der Waals surface area contributed by atoms with Crippen LogP contribution in [0.1, 0.15) is 82.3 Å². The number of imidazole rings is 1. The van der Waals surface area contributed by atoms with Gasteiger partial charge in [-0.15, -0.1) is 0 Å². The number of aromatic nitrogens is 3. The van der Waals surface area contributed by atoms with Gasteiger partial charge in [0.2, 0.25) is 0 Å². The van der Waals surface area contributed by atoms with Crippen LogP contribution >= 0.6 is 0 Å². The molecule has 0 saturated carbocycles. The molecule has 0 amide bonds. The monoisotopic (exact) mass is 516 g/mol.